The smallest absolute Gasteiger partial charge is 0.274 e. The fourth-order valence-electron chi connectivity index (χ4n) is 3.16. The van der Waals surface area contributed by atoms with E-state index in [2.05, 4.69) is 22.7 Å². The first kappa shape index (κ1) is 15.7. The number of carbonyl (C=O) groups is 1. The van der Waals surface area contributed by atoms with E-state index in [1.165, 1.54) is 4.68 Å². The molecule has 6 heteroatoms. The minimum Gasteiger partial charge on any atom is -0.351 e. The van der Waals surface area contributed by atoms with Crippen LogP contribution in [0.2, 0.25) is 0 Å². The molecule has 1 saturated heterocycles. The molecule has 0 radical (unpaired) electrons. The summed E-state index contributed by atoms with van der Waals surface area (Å²) in [6.45, 7) is 3.09. The molecule has 1 aliphatic heterocycles. The zero-order chi connectivity index (χ0) is 16.4. The highest BCUT2D eigenvalue weighted by Gasteiger charge is 2.23. The number of rotatable bonds is 3. The number of hydrogen-bond acceptors (Lipinski definition) is 4. The van der Waals surface area contributed by atoms with Gasteiger partial charge in [-0.05, 0) is 32.4 Å². The second-order valence-corrected chi connectivity index (χ2v) is 6.16. The molecule has 1 fully saturated rings. The van der Waals surface area contributed by atoms with Crippen LogP contribution in [0.3, 0.4) is 0 Å². The average Bonchev–Trinajstić information content (AvgIpc) is 2.54. The number of amides is 1. The third-order valence-corrected chi connectivity index (χ3v) is 4.47. The molecule has 2 N–H and O–H groups in total. The summed E-state index contributed by atoms with van der Waals surface area (Å²) in [6.07, 6.45) is 2.23. The number of piperidine rings is 1. The molecular formula is C17H22N4O2. The Morgan fingerprint density at radius 1 is 1.39 bits per heavy atom. The molecule has 1 aromatic carbocycles. The Labute approximate surface area is 134 Å². The molecule has 1 amide bonds. The van der Waals surface area contributed by atoms with E-state index >= 15 is 0 Å². The average molecular weight is 314 g/mol. The van der Waals surface area contributed by atoms with Crippen LogP contribution in [0.4, 0.5) is 0 Å². The van der Waals surface area contributed by atoms with Crippen molar-refractivity contribution in [2.24, 2.45) is 7.05 Å². The number of aryl methyl sites for hydroxylation is 1. The predicted molar refractivity (Wildman–Crippen MR) is 89.3 cm³/mol. The lowest BCUT2D eigenvalue weighted by Gasteiger charge is -2.30. The summed E-state index contributed by atoms with van der Waals surface area (Å²) in [6, 6.07) is 7.72. The highest BCUT2D eigenvalue weighted by atomic mass is 16.2. The van der Waals surface area contributed by atoms with E-state index < -0.39 is 0 Å². The fourth-order valence-corrected chi connectivity index (χ4v) is 3.16. The fraction of sp³-hybridized carbons (Fsp3) is 0.471. The Kier molecular flexibility index (Phi) is 4.43. The molecule has 23 heavy (non-hydrogen) atoms. The number of benzene rings is 1. The first-order valence-corrected chi connectivity index (χ1v) is 8.04. The van der Waals surface area contributed by atoms with E-state index in [1.807, 2.05) is 18.2 Å². The van der Waals surface area contributed by atoms with Gasteiger partial charge in [0.05, 0.1) is 17.5 Å². The number of carbonyl (C=O) groups excluding carboxylic acids is 1. The molecule has 0 aliphatic carbocycles. The van der Waals surface area contributed by atoms with Crippen molar-refractivity contribution in [3.63, 3.8) is 0 Å². The molecule has 6 nitrogen and oxygen atoms in total. The zero-order valence-electron chi connectivity index (χ0n) is 13.5. The van der Waals surface area contributed by atoms with Crippen LogP contribution in [-0.4, -0.2) is 34.3 Å². The Bertz CT molecular complexity index is 784. The maximum absolute atomic E-state index is 12.4. The lowest BCUT2D eigenvalue weighted by Crippen LogP contribution is -2.52. The van der Waals surface area contributed by atoms with Crippen molar-refractivity contribution in [2.45, 2.75) is 38.3 Å². The van der Waals surface area contributed by atoms with Gasteiger partial charge in [-0.15, -0.1) is 0 Å². The summed E-state index contributed by atoms with van der Waals surface area (Å²) in [4.78, 5) is 24.5. The topological polar surface area (TPSA) is 76.0 Å². The first-order valence-electron chi connectivity index (χ1n) is 8.04. The molecule has 2 unspecified atom stereocenters. The van der Waals surface area contributed by atoms with Gasteiger partial charge in [-0.25, -0.2) is 4.68 Å². The summed E-state index contributed by atoms with van der Waals surface area (Å²) >= 11 is 0. The van der Waals surface area contributed by atoms with Crippen molar-refractivity contribution < 1.29 is 4.79 Å². The van der Waals surface area contributed by atoms with Crippen LogP contribution in [0.1, 0.15) is 25.5 Å². The van der Waals surface area contributed by atoms with Gasteiger partial charge in [0, 0.05) is 24.5 Å². The van der Waals surface area contributed by atoms with E-state index in [4.69, 9.17) is 0 Å². The number of aromatic nitrogens is 2. The summed E-state index contributed by atoms with van der Waals surface area (Å²) in [5.74, 6) is -0.0538. The quantitative estimate of drug-likeness (QED) is 0.876. The number of hydrogen-bond donors (Lipinski definition) is 2. The summed E-state index contributed by atoms with van der Waals surface area (Å²) in [5, 5.41) is 12.1. The monoisotopic (exact) mass is 314 g/mol. The largest absolute Gasteiger partial charge is 0.351 e. The van der Waals surface area contributed by atoms with Crippen molar-refractivity contribution in [3.05, 3.63) is 40.3 Å². The van der Waals surface area contributed by atoms with Crippen LogP contribution >= 0.6 is 0 Å². The minimum atomic E-state index is -0.144. The SMILES string of the molecule is CC1NCCCC1NC(=O)Cc1nn(C)c(=O)c2ccccc12. The third kappa shape index (κ3) is 3.27. The molecule has 2 aromatic rings. The molecule has 0 spiro atoms. The van der Waals surface area contributed by atoms with E-state index in [1.54, 1.807) is 13.1 Å². The van der Waals surface area contributed by atoms with Crippen LogP contribution in [0.5, 0.6) is 0 Å². The van der Waals surface area contributed by atoms with Crippen LogP contribution in [-0.2, 0) is 18.3 Å². The predicted octanol–water partition coefficient (Wildman–Crippen LogP) is 0.733. The Balaban J connectivity index is 1.82. The highest BCUT2D eigenvalue weighted by molar-refractivity contribution is 5.88. The summed E-state index contributed by atoms with van der Waals surface area (Å²) in [7, 11) is 1.61. The van der Waals surface area contributed by atoms with Crippen molar-refractivity contribution in [2.75, 3.05) is 6.54 Å². The first-order chi connectivity index (χ1) is 11.1. The van der Waals surface area contributed by atoms with Gasteiger partial charge >= 0.3 is 0 Å². The third-order valence-electron chi connectivity index (χ3n) is 4.47. The minimum absolute atomic E-state index is 0.0538. The van der Waals surface area contributed by atoms with Crippen LogP contribution in [0, 0.1) is 0 Å². The van der Waals surface area contributed by atoms with E-state index in [0.29, 0.717) is 11.1 Å². The van der Waals surface area contributed by atoms with E-state index in [9.17, 15) is 9.59 Å². The molecular weight excluding hydrogens is 292 g/mol. The van der Waals surface area contributed by atoms with Gasteiger partial charge in [0.25, 0.3) is 5.56 Å². The second kappa shape index (κ2) is 6.50. The number of fused-ring (bicyclic) bond motifs is 1. The maximum Gasteiger partial charge on any atom is 0.274 e. The van der Waals surface area contributed by atoms with E-state index in [-0.39, 0.29) is 30.0 Å². The van der Waals surface area contributed by atoms with Gasteiger partial charge in [-0.3, -0.25) is 9.59 Å². The standard InChI is InChI=1S/C17H22N4O2/c1-11-14(8-5-9-18-11)19-16(22)10-15-12-6-3-4-7-13(12)17(23)21(2)20-15/h3-4,6-7,11,14,18H,5,8-10H2,1-2H3,(H,19,22). The molecule has 0 saturated carbocycles. The molecule has 0 bridgehead atoms. The van der Waals surface area contributed by atoms with Gasteiger partial charge in [0.15, 0.2) is 0 Å². The molecule has 2 heterocycles. The van der Waals surface area contributed by atoms with Gasteiger partial charge in [-0.2, -0.15) is 5.10 Å². The van der Waals surface area contributed by atoms with Gasteiger partial charge in [0.1, 0.15) is 0 Å². The van der Waals surface area contributed by atoms with Crippen LogP contribution < -0.4 is 16.2 Å². The normalized spacial score (nSPS) is 21.3. The van der Waals surface area contributed by atoms with Crippen LogP contribution in [0.15, 0.2) is 29.1 Å². The lowest BCUT2D eigenvalue weighted by molar-refractivity contribution is -0.121. The summed E-state index contributed by atoms with van der Waals surface area (Å²) in [5.41, 5.74) is 0.492. The molecule has 3 rings (SSSR count). The molecule has 122 valence electrons. The van der Waals surface area contributed by atoms with Gasteiger partial charge in [-0.1, -0.05) is 18.2 Å². The van der Waals surface area contributed by atoms with Crippen molar-refractivity contribution in [1.82, 2.24) is 20.4 Å². The molecule has 2 atom stereocenters. The molecule has 1 aromatic heterocycles. The lowest BCUT2D eigenvalue weighted by atomic mass is 9.99. The van der Waals surface area contributed by atoms with E-state index in [0.717, 1.165) is 24.8 Å². The maximum atomic E-state index is 12.4. The van der Waals surface area contributed by atoms with Crippen molar-refractivity contribution in [1.29, 1.82) is 0 Å². The summed E-state index contributed by atoms with van der Waals surface area (Å²) < 4.78 is 1.30. The Morgan fingerprint density at radius 3 is 2.87 bits per heavy atom. The number of nitrogens with zero attached hydrogens (tertiary/aromatic N) is 2. The number of nitrogens with one attached hydrogen (secondary N) is 2. The Hall–Kier alpha value is -2.21. The zero-order valence-corrected chi connectivity index (χ0v) is 13.5. The van der Waals surface area contributed by atoms with Crippen LogP contribution in [0.25, 0.3) is 10.8 Å². The molecule has 1 aliphatic rings. The Morgan fingerprint density at radius 2 is 2.13 bits per heavy atom. The van der Waals surface area contributed by atoms with Gasteiger partial charge < -0.3 is 10.6 Å². The van der Waals surface area contributed by atoms with Crippen molar-refractivity contribution in [3.8, 4) is 0 Å². The van der Waals surface area contributed by atoms with Gasteiger partial charge in [0.2, 0.25) is 5.91 Å². The van der Waals surface area contributed by atoms with Crippen molar-refractivity contribution >= 4 is 16.7 Å². The highest BCUT2D eigenvalue weighted by Crippen LogP contribution is 2.14. The second-order valence-electron chi connectivity index (χ2n) is 6.16.